The summed E-state index contributed by atoms with van der Waals surface area (Å²) >= 11 is 3.42. The molecule has 1 saturated heterocycles. The Kier molecular flexibility index (Phi) is 3.94. The van der Waals surface area contributed by atoms with Gasteiger partial charge in [0.2, 0.25) is 0 Å². The average molecular weight is 300 g/mol. The predicted molar refractivity (Wildman–Crippen MR) is 71.9 cm³/mol. The zero-order valence-electron chi connectivity index (χ0n) is 10.2. The molecule has 1 fully saturated rings. The van der Waals surface area contributed by atoms with Crippen LogP contribution in [0.4, 0.5) is 0 Å². The molecule has 0 aliphatic carbocycles. The van der Waals surface area contributed by atoms with Crippen molar-refractivity contribution >= 4 is 15.9 Å². The Morgan fingerprint density at radius 2 is 2.06 bits per heavy atom. The van der Waals surface area contributed by atoms with E-state index in [-0.39, 0.29) is 0 Å². The first kappa shape index (κ1) is 12.7. The zero-order valence-corrected chi connectivity index (χ0v) is 11.8. The predicted octanol–water partition coefficient (Wildman–Crippen LogP) is 2.94. The molecule has 0 atom stereocenters. The molecule has 1 aromatic rings. The van der Waals surface area contributed by atoms with Gasteiger partial charge in [-0.3, -0.25) is 0 Å². The fraction of sp³-hybridized carbons (Fsp3) is 0.538. The lowest BCUT2D eigenvalue weighted by atomic mass is 9.86. The summed E-state index contributed by atoms with van der Waals surface area (Å²) in [6, 6.07) is 2.02. The highest BCUT2D eigenvalue weighted by Crippen LogP contribution is 2.44. The third kappa shape index (κ3) is 2.43. The molecule has 94 valence electrons. The van der Waals surface area contributed by atoms with Crippen LogP contribution in [0.15, 0.2) is 10.5 Å². The van der Waals surface area contributed by atoms with Gasteiger partial charge < -0.3 is 15.2 Å². The lowest BCUT2D eigenvalue weighted by molar-refractivity contribution is 0.360. The first-order valence-corrected chi connectivity index (χ1v) is 6.71. The number of hydrogen-bond acceptors (Lipinski definition) is 3. The SMILES string of the molecule is COc1c(Br)cc(C)c(C2CCNCC2)c1O. The van der Waals surface area contributed by atoms with Crippen molar-refractivity contribution in [3.8, 4) is 11.5 Å². The highest BCUT2D eigenvalue weighted by molar-refractivity contribution is 9.10. The molecule has 2 N–H and O–H groups in total. The molecular formula is C13H18BrNO2. The molecule has 1 aromatic carbocycles. The quantitative estimate of drug-likeness (QED) is 0.882. The van der Waals surface area contributed by atoms with Crippen molar-refractivity contribution in [2.45, 2.75) is 25.7 Å². The number of phenolic OH excluding ortho intramolecular Hbond substituents is 1. The van der Waals surface area contributed by atoms with Gasteiger partial charge in [0.25, 0.3) is 0 Å². The fourth-order valence-electron chi connectivity index (χ4n) is 2.58. The Morgan fingerprint density at radius 3 is 2.65 bits per heavy atom. The second-order valence-corrected chi connectivity index (χ2v) is 5.35. The van der Waals surface area contributed by atoms with Crippen molar-refractivity contribution in [3.63, 3.8) is 0 Å². The summed E-state index contributed by atoms with van der Waals surface area (Å²) in [5, 5.41) is 13.7. The van der Waals surface area contributed by atoms with Crippen LogP contribution in [0.25, 0.3) is 0 Å². The molecule has 0 saturated carbocycles. The Labute approximate surface area is 110 Å². The number of halogens is 1. The third-order valence-corrected chi connectivity index (χ3v) is 4.00. The maximum atomic E-state index is 10.3. The number of piperidine rings is 1. The van der Waals surface area contributed by atoms with E-state index in [9.17, 15) is 5.11 Å². The van der Waals surface area contributed by atoms with Gasteiger partial charge in [-0.25, -0.2) is 0 Å². The number of rotatable bonds is 2. The summed E-state index contributed by atoms with van der Waals surface area (Å²) in [7, 11) is 1.58. The van der Waals surface area contributed by atoms with Crippen LogP contribution >= 0.6 is 15.9 Å². The average Bonchev–Trinajstić information content (AvgIpc) is 2.30. The van der Waals surface area contributed by atoms with Crippen molar-refractivity contribution in [1.82, 2.24) is 5.32 Å². The van der Waals surface area contributed by atoms with Gasteiger partial charge in [-0.15, -0.1) is 0 Å². The molecule has 0 unspecified atom stereocenters. The number of aryl methyl sites for hydroxylation is 1. The lowest BCUT2D eigenvalue weighted by Crippen LogP contribution is -2.27. The summed E-state index contributed by atoms with van der Waals surface area (Å²) in [5.74, 6) is 1.27. The summed E-state index contributed by atoms with van der Waals surface area (Å²) < 4.78 is 6.06. The third-order valence-electron chi connectivity index (χ3n) is 3.41. The number of methoxy groups -OCH3 is 1. The molecule has 1 heterocycles. The van der Waals surface area contributed by atoms with E-state index in [1.807, 2.05) is 13.0 Å². The lowest BCUT2D eigenvalue weighted by Gasteiger charge is -2.26. The van der Waals surface area contributed by atoms with Gasteiger partial charge in [-0.1, -0.05) is 0 Å². The minimum absolute atomic E-state index is 0.297. The van der Waals surface area contributed by atoms with E-state index < -0.39 is 0 Å². The van der Waals surface area contributed by atoms with Gasteiger partial charge in [0.15, 0.2) is 11.5 Å². The van der Waals surface area contributed by atoms with Crippen molar-refractivity contribution in [3.05, 3.63) is 21.7 Å². The Balaban J connectivity index is 2.44. The largest absolute Gasteiger partial charge is 0.504 e. The topological polar surface area (TPSA) is 41.5 Å². The molecule has 0 spiro atoms. The van der Waals surface area contributed by atoms with Gasteiger partial charge in [-0.2, -0.15) is 0 Å². The number of ether oxygens (including phenoxy) is 1. The minimum Gasteiger partial charge on any atom is -0.504 e. The summed E-state index contributed by atoms with van der Waals surface area (Å²) in [6.07, 6.45) is 2.14. The van der Waals surface area contributed by atoms with E-state index in [0.29, 0.717) is 17.4 Å². The smallest absolute Gasteiger partial charge is 0.174 e. The molecule has 4 heteroatoms. The number of phenols is 1. The van der Waals surface area contributed by atoms with Crippen LogP contribution in [-0.4, -0.2) is 25.3 Å². The Morgan fingerprint density at radius 1 is 1.41 bits per heavy atom. The molecule has 1 aliphatic rings. The van der Waals surface area contributed by atoms with Gasteiger partial charge in [0.1, 0.15) is 0 Å². The van der Waals surface area contributed by atoms with Crippen LogP contribution in [0.5, 0.6) is 11.5 Å². The fourth-order valence-corrected chi connectivity index (χ4v) is 3.27. The Hall–Kier alpha value is -0.740. The van der Waals surface area contributed by atoms with E-state index in [1.54, 1.807) is 7.11 Å². The van der Waals surface area contributed by atoms with Gasteiger partial charge >= 0.3 is 0 Å². The van der Waals surface area contributed by atoms with E-state index in [1.165, 1.54) is 0 Å². The molecule has 2 rings (SSSR count). The number of aromatic hydroxyl groups is 1. The summed E-state index contributed by atoms with van der Waals surface area (Å²) in [5.41, 5.74) is 2.17. The zero-order chi connectivity index (χ0) is 12.4. The number of nitrogens with one attached hydrogen (secondary N) is 1. The molecule has 0 amide bonds. The number of hydrogen-bond donors (Lipinski definition) is 2. The number of benzene rings is 1. The van der Waals surface area contributed by atoms with Crippen LogP contribution in [0.1, 0.15) is 29.9 Å². The maximum absolute atomic E-state index is 10.3. The Bertz CT molecular complexity index is 414. The van der Waals surface area contributed by atoms with Crippen molar-refractivity contribution in [2.75, 3.05) is 20.2 Å². The van der Waals surface area contributed by atoms with E-state index >= 15 is 0 Å². The van der Waals surface area contributed by atoms with Crippen LogP contribution in [0, 0.1) is 6.92 Å². The summed E-state index contributed by atoms with van der Waals surface area (Å²) in [4.78, 5) is 0. The first-order valence-electron chi connectivity index (χ1n) is 5.91. The second-order valence-electron chi connectivity index (χ2n) is 4.50. The highest BCUT2D eigenvalue weighted by atomic mass is 79.9. The molecule has 1 aliphatic heterocycles. The normalized spacial score (nSPS) is 17.1. The molecule has 0 aromatic heterocycles. The highest BCUT2D eigenvalue weighted by Gasteiger charge is 2.23. The van der Waals surface area contributed by atoms with Crippen molar-refractivity contribution in [2.24, 2.45) is 0 Å². The molecule has 0 bridgehead atoms. The molecule has 17 heavy (non-hydrogen) atoms. The van der Waals surface area contributed by atoms with Crippen LogP contribution in [-0.2, 0) is 0 Å². The van der Waals surface area contributed by atoms with E-state index in [0.717, 1.165) is 41.5 Å². The van der Waals surface area contributed by atoms with Crippen LogP contribution in [0.3, 0.4) is 0 Å². The minimum atomic E-state index is 0.297. The second kappa shape index (κ2) is 5.27. The molecule has 3 nitrogen and oxygen atoms in total. The molecule has 0 radical (unpaired) electrons. The van der Waals surface area contributed by atoms with Gasteiger partial charge in [0, 0.05) is 5.56 Å². The van der Waals surface area contributed by atoms with Crippen LogP contribution in [0.2, 0.25) is 0 Å². The van der Waals surface area contributed by atoms with E-state index in [4.69, 9.17) is 4.74 Å². The standard InChI is InChI=1S/C13H18BrNO2/c1-8-7-10(14)13(17-2)12(16)11(8)9-3-5-15-6-4-9/h7,9,15-16H,3-6H2,1-2H3. The van der Waals surface area contributed by atoms with Gasteiger partial charge in [-0.05, 0) is 66.3 Å². The van der Waals surface area contributed by atoms with Crippen molar-refractivity contribution < 1.29 is 9.84 Å². The molecular weight excluding hydrogens is 282 g/mol. The van der Waals surface area contributed by atoms with E-state index in [2.05, 4.69) is 21.2 Å². The van der Waals surface area contributed by atoms with Gasteiger partial charge in [0.05, 0.1) is 11.6 Å². The summed E-state index contributed by atoms with van der Waals surface area (Å²) in [6.45, 7) is 4.07. The monoisotopic (exact) mass is 299 g/mol. The first-order chi connectivity index (χ1) is 8.15. The maximum Gasteiger partial charge on any atom is 0.174 e. The van der Waals surface area contributed by atoms with Crippen LogP contribution < -0.4 is 10.1 Å². The van der Waals surface area contributed by atoms with Crippen molar-refractivity contribution in [1.29, 1.82) is 0 Å².